The molecule has 2 aromatic rings. The molecule has 0 amide bonds. The number of halogens is 2. The number of ether oxygens (including phenoxy) is 2. The van der Waals surface area contributed by atoms with Gasteiger partial charge in [-0.15, -0.1) is 0 Å². The van der Waals surface area contributed by atoms with E-state index in [0.717, 1.165) is 48.8 Å². The highest BCUT2D eigenvalue weighted by Gasteiger charge is 2.27. The lowest BCUT2D eigenvalue weighted by Gasteiger charge is -2.41. The molecule has 0 aliphatic carbocycles. The van der Waals surface area contributed by atoms with E-state index in [1.807, 2.05) is 18.2 Å². The zero-order valence-corrected chi connectivity index (χ0v) is 16.9. The maximum absolute atomic E-state index is 13.5. The SMILES string of the molecule is COc1cc(CN2CCN(Cc3ccc(F)c(F)c3)C[C@H]2CCO)cc(OC)c1. The van der Waals surface area contributed by atoms with E-state index < -0.39 is 11.6 Å². The van der Waals surface area contributed by atoms with Crippen LogP contribution in [-0.2, 0) is 13.1 Å². The van der Waals surface area contributed by atoms with Gasteiger partial charge in [0.05, 0.1) is 14.2 Å². The normalized spacial score (nSPS) is 18.0. The summed E-state index contributed by atoms with van der Waals surface area (Å²) in [6.07, 6.45) is 0.648. The van der Waals surface area contributed by atoms with Gasteiger partial charge in [-0.25, -0.2) is 8.78 Å². The first-order valence-electron chi connectivity index (χ1n) is 9.75. The van der Waals surface area contributed by atoms with Gasteiger partial charge < -0.3 is 14.6 Å². The lowest BCUT2D eigenvalue weighted by Crippen LogP contribution is -2.52. The molecule has 2 aromatic carbocycles. The molecule has 0 saturated carbocycles. The average Bonchev–Trinajstić information content (AvgIpc) is 2.72. The van der Waals surface area contributed by atoms with E-state index in [1.165, 1.54) is 12.1 Å². The Bertz CT molecular complexity index is 796. The van der Waals surface area contributed by atoms with Gasteiger partial charge >= 0.3 is 0 Å². The third-order valence-electron chi connectivity index (χ3n) is 5.34. The zero-order chi connectivity index (χ0) is 20.8. The molecular formula is C22H28F2N2O3. The molecule has 29 heavy (non-hydrogen) atoms. The smallest absolute Gasteiger partial charge is 0.159 e. The molecule has 158 valence electrons. The summed E-state index contributed by atoms with van der Waals surface area (Å²) in [6.45, 7) is 3.75. The Hall–Kier alpha value is -2.22. The predicted octanol–water partition coefficient (Wildman–Crippen LogP) is 3.05. The third kappa shape index (κ3) is 5.65. The molecule has 0 aromatic heterocycles. The van der Waals surface area contributed by atoms with Crippen molar-refractivity contribution >= 4 is 0 Å². The molecule has 7 heteroatoms. The Kier molecular flexibility index (Phi) is 7.41. The summed E-state index contributed by atoms with van der Waals surface area (Å²) < 4.78 is 37.4. The van der Waals surface area contributed by atoms with Gasteiger partial charge in [-0.2, -0.15) is 0 Å². The summed E-state index contributed by atoms with van der Waals surface area (Å²) >= 11 is 0. The van der Waals surface area contributed by atoms with Crippen molar-refractivity contribution in [3.63, 3.8) is 0 Å². The van der Waals surface area contributed by atoms with Crippen molar-refractivity contribution < 1.29 is 23.4 Å². The molecule has 1 aliphatic heterocycles. The Labute approximate surface area is 170 Å². The zero-order valence-electron chi connectivity index (χ0n) is 16.9. The number of piperazine rings is 1. The van der Waals surface area contributed by atoms with E-state index in [2.05, 4.69) is 9.80 Å². The lowest BCUT2D eigenvalue weighted by atomic mass is 10.1. The standard InChI is InChI=1S/C22H28F2N2O3/c1-28-19-9-17(10-20(12-19)29-2)14-26-7-6-25(15-18(26)5-8-27)13-16-3-4-21(23)22(24)11-16/h3-4,9-12,18,27H,5-8,13-15H2,1-2H3/t18-/m1/s1. The van der Waals surface area contributed by atoms with Gasteiger partial charge in [0.1, 0.15) is 11.5 Å². The van der Waals surface area contributed by atoms with Gasteiger partial charge in [0.2, 0.25) is 0 Å². The number of hydrogen-bond acceptors (Lipinski definition) is 5. The number of nitrogens with zero attached hydrogens (tertiary/aromatic N) is 2. The van der Waals surface area contributed by atoms with E-state index >= 15 is 0 Å². The first-order chi connectivity index (χ1) is 14.0. The van der Waals surface area contributed by atoms with E-state index in [1.54, 1.807) is 20.3 Å². The highest BCUT2D eigenvalue weighted by atomic mass is 19.2. The number of benzene rings is 2. The van der Waals surface area contributed by atoms with Crippen molar-refractivity contribution in [1.82, 2.24) is 9.80 Å². The molecule has 0 radical (unpaired) electrons. The van der Waals surface area contributed by atoms with Crippen LogP contribution in [0.4, 0.5) is 8.78 Å². The summed E-state index contributed by atoms with van der Waals surface area (Å²) in [7, 11) is 3.26. The molecular weight excluding hydrogens is 378 g/mol. The molecule has 0 bridgehead atoms. The summed E-state index contributed by atoms with van der Waals surface area (Å²) in [5, 5.41) is 9.53. The summed E-state index contributed by atoms with van der Waals surface area (Å²) in [6, 6.07) is 10.0. The van der Waals surface area contributed by atoms with Crippen LogP contribution in [0.25, 0.3) is 0 Å². The van der Waals surface area contributed by atoms with E-state index in [4.69, 9.17) is 9.47 Å². The van der Waals surface area contributed by atoms with Crippen LogP contribution in [0.5, 0.6) is 11.5 Å². The van der Waals surface area contributed by atoms with Crippen molar-refractivity contribution in [2.75, 3.05) is 40.5 Å². The van der Waals surface area contributed by atoms with Crippen LogP contribution < -0.4 is 9.47 Å². The molecule has 1 atom stereocenters. The summed E-state index contributed by atoms with van der Waals surface area (Å²) in [4.78, 5) is 4.56. The highest BCUT2D eigenvalue weighted by molar-refractivity contribution is 5.38. The maximum atomic E-state index is 13.5. The quantitative estimate of drug-likeness (QED) is 0.730. The van der Waals surface area contributed by atoms with Gasteiger partial charge in [-0.3, -0.25) is 9.80 Å². The molecule has 1 N–H and O–H groups in total. The van der Waals surface area contributed by atoms with Crippen molar-refractivity contribution in [3.05, 3.63) is 59.2 Å². The van der Waals surface area contributed by atoms with Crippen molar-refractivity contribution in [2.24, 2.45) is 0 Å². The van der Waals surface area contributed by atoms with Gasteiger partial charge in [-0.1, -0.05) is 6.07 Å². The monoisotopic (exact) mass is 406 g/mol. The number of methoxy groups -OCH3 is 2. The van der Waals surface area contributed by atoms with Crippen LogP contribution in [0.15, 0.2) is 36.4 Å². The minimum atomic E-state index is -0.828. The molecule has 0 unspecified atom stereocenters. The van der Waals surface area contributed by atoms with Gasteiger partial charge in [0.15, 0.2) is 11.6 Å². The molecule has 5 nitrogen and oxygen atoms in total. The van der Waals surface area contributed by atoms with Gasteiger partial charge in [-0.05, 0) is 41.8 Å². The Morgan fingerprint density at radius 2 is 1.66 bits per heavy atom. The second-order valence-corrected chi connectivity index (χ2v) is 7.34. The van der Waals surface area contributed by atoms with Crippen LogP contribution in [0.3, 0.4) is 0 Å². The third-order valence-corrected chi connectivity index (χ3v) is 5.34. The van der Waals surface area contributed by atoms with Gasteiger partial charge in [0, 0.05) is 51.4 Å². The first-order valence-corrected chi connectivity index (χ1v) is 9.75. The van der Waals surface area contributed by atoms with Crippen molar-refractivity contribution in [1.29, 1.82) is 0 Å². The second-order valence-electron chi connectivity index (χ2n) is 7.34. The van der Waals surface area contributed by atoms with Crippen molar-refractivity contribution in [3.8, 4) is 11.5 Å². The molecule has 0 spiro atoms. The van der Waals surface area contributed by atoms with Crippen LogP contribution in [-0.4, -0.2) is 61.4 Å². The van der Waals surface area contributed by atoms with Crippen LogP contribution in [0.2, 0.25) is 0 Å². The Morgan fingerprint density at radius 1 is 0.931 bits per heavy atom. The first kappa shape index (κ1) is 21.5. The summed E-state index contributed by atoms with van der Waals surface area (Å²) in [5.41, 5.74) is 1.83. The Balaban J connectivity index is 1.68. The second kappa shape index (κ2) is 10.0. The number of aliphatic hydroxyl groups excluding tert-OH is 1. The largest absolute Gasteiger partial charge is 0.497 e. The number of hydrogen-bond donors (Lipinski definition) is 1. The average molecular weight is 406 g/mol. The number of rotatable bonds is 8. The molecule has 1 saturated heterocycles. The minimum Gasteiger partial charge on any atom is -0.497 e. The van der Waals surface area contributed by atoms with E-state index in [-0.39, 0.29) is 12.6 Å². The fourth-order valence-corrected chi connectivity index (χ4v) is 3.82. The molecule has 1 aliphatic rings. The molecule has 1 fully saturated rings. The fourth-order valence-electron chi connectivity index (χ4n) is 3.82. The van der Waals surface area contributed by atoms with E-state index in [9.17, 15) is 13.9 Å². The van der Waals surface area contributed by atoms with E-state index in [0.29, 0.717) is 13.0 Å². The number of aliphatic hydroxyl groups is 1. The fraction of sp³-hybridized carbons (Fsp3) is 0.455. The Morgan fingerprint density at radius 3 is 2.28 bits per heavy atom. The van der Waals surface area contributed by atoms with Crippen molar-refractivity contribution in [2.45, 2.75) is 25.6 Å². The minimum absolute atomic E-state index is 0.0988. The van der Waals surface area contributed by atoms with Gasteiger partial charge in [0.25, 0.3) is 0 Å². The topological polar surface area (TPSA) is 45.2 Å². The lowest BCUT2D eigenvalue weighted by molar-refractivity contribution is 0.0498. The van der Waals surface area contributed by atoms with Crippen LogP contribution >= 0.6 is 0 Å². The summed E-state index contributed by atoms with van der Waals surface area (Å²) in [5.74, 6) is -0.157. The predicted molar refractivity (Wildman–Crippen MR) is 107 cm³/mol. The highest BCUT2D eigenvalue weighted by Crippen LogP contribution is 2.25. The molecule has 1 heterocycles. The molecule has 3 rings (SSSR count). The van der Waals surface area contributed by atoms with Crippen LogP contribution in [0, 0.1) is 11.6 Å². The van der Waals surface area contributed by atoms with Crippen LogP contribution in [0.1, 0.15) is 17.5 Å². The maximum Gasteiger partial charge on any atom is 0.159 e.